The van der Waals surface area contributed by atoms with E-state index in [9.17, 15) is 0 Å². The van der Waals surface area contributed by atoms with E-state index in [1.54, 1.807) is 0 Å². The Hall–Kier alpha value is -2.06. The minimum atomic E-state index is 0.479. The summed E-state index contributed by atoms with van der Waals surface area (Å²) >= 11 is 0. The van der Waals surface area contributed by atoms with Gasteiger partial charge in [-0.05, 0) is 48.2 Å². The molecule has 0 saturated carbocycles. The van der Waals surface area contributed by atoms with Crippen LogP contribution in [-0.4, -0.2) is 23.0 Å². The maximum Gasteiger partial charge on any atom is 0.0503 e. The Morgan fingerprint density at radius 2 is 1.70 bits per heavy atom. The SMILES string of the molecule is CCCc1ccc(-c2[nH]c3ccccc3c2C(C)C)c(CN(CC)CC)c1. The highest BCUT2D eigenvalue weighted by Crippen LogP contribution is 2.37. The van der Waals surface area contributed by atoms with Crippen LogP contribution >= 0.6 is 0 Å². The van der Waals surface area contributed by atoms with Gasteiger partial charge in [0, 0.05) is 23.0 Å². The molecular weight excluding hydrogens is 328 g/mol. The summed E-state index contributed by atoms with van der Waals surface area (Å²) in [7, 11) is 0. The summed E-state index contributed by atoms with van der Waals surface area (Å²) in [4.78, 5) is 6.25. The number of H-pyrrole nitrogens is 1. The number of aromatic amines is 1. The first-order chi connectivity index (χ1) is 13.1. The second-order valence-electron chi connectivity index (χ2n) is 7.82. The molecule has 144 valence electrons. The van der Waals surface area contributed by atoms with Gasteiger partial charge in [0.1, 0.15) is 0 Å². The lowest BCUT2D eigenvalue weighted by Gasteiger charge is -2.21. The summed E-state index contributed by atoms with van der Waals surface area (Å²) in [6.07, 6.45) is 2.34. The Balaban J connectivity index is 2.18. The Kier molecular flexibility index (Phi) is 6.38. The average molecular weight is 363 g/mol. The lowest BCUT2D eigenvalue weighted by molar-refractivity contribution is 0.296. The van der Waals surface area contributed by atoms with Gasteiger partial charge in [-0.3, -0.25) is 4.90 Å². The van der Waals surface area contributed by atoms with Gasteiger partial charge >= 0.3 is 0 Å². The molecule has 0 radical (unpaired) electrons. The van der Waals surface area contributed by atoms with Crippen molar-refractivity contribution in [1.29, 1.82) is 0 Å². The van der Waals surface area contributed by atoms with Crippen LogP contribution in [0.3, 0.4) is 0 Å². The maximum absolute atomic E-state index is 3.74. The molecule has 1 heterocycles. The first-order valence-electron chi connectivity index (χ1n) is 10.5. The lowest BCUT2D eigenvalue weighted by atomic mass is 9.92. The van der Waals surface area contributed by atoms with Crippen molar-refractivity contribution in [1.82, 2.24) is 9.88 Å². The predicted molar refractivity (Wildman–Crippen MR) is 118 cm³/mol. The summed E-state index contributed by atoms with van der Waals surface area (Å²) < 4.78 is 0. The quantitative estimate of drug-likeness (QED) is 0.469. The minimum absolute atomic E-state index is 0.479. The number of nitrogens with one attached hydrogen (secondary N) is 1. The zero-order valence-corrected chi connectivity index (χ0v) is 17.6. The Bertz CT molecular complexity index is 884. The van der Waals surface area contributed by atoms with Gasteiger partial charge in [0.2, 0.25) is 0 Å². The third-order valence-corrected chi connectivity index (χ3v) is 5.59. The van der Waals surface area contributed by atoms with Gasteiger partial charge in [-0.1, -0.05) is 77.4 Å². The van der Waals surface area contributed by atoms with Crippen molar-refractivity contribution in [2.75, 3.05) is 13.1 Å². The summed E-state index contributed by atoms with van der Waals surface area (Å²) in [6, 6.07) is 15.8. The van der Waals surface area contributed by atoms with E-state index in [1.165, 1.54) is 45.3 Å². The molecule has 0 atom stereocenters. The number of hydrogen-bond acceptors (Lipinski definition) is 1. The summed E-state index contributed by atoms with van der Waals surface area (Å²) in [5.74, 6) is 0.479. The van der Waals surface area contributed by atoms with Crippen molar-refractivity contribution >= 4 is 10.9 Å². The first-order valence-corrected chi connectivity index (χ1v) is 10.5. The highest BCUT2D eigenvalue weighted by molar-refractivity contribution is 5.92. The zero-order valence-electron chi connectivity index (χ0n) is 17.6. The molecule has 3 rings (SSSR count). The molecule has 0 saturated heterocycles. The summed E-state index contributed by atoms with van der Waals surface area (Å²) in [5.41, 5.74) is 8.24. The second kappa shape index (κ2) is 8.75. The summed E-state index contributed by atoms with van der Waals surface area (Å²) in [6.45, 7) is 14.5. The van der Waals surface area contributed by atoms with E-state index in [0.29, 0.717) is 5.92 Å². The first kappa shape index (κ1) is 19.7. The van der Waals surface area contributed by atoms with Crippen molar-refractivity contribution in [2.24, 2.45) is 0 Å². The fourth-order valence-electron chi connectivity index (χ4n) is 4.13. The smallest absolute Gasteiger partial charge is 0.0503 e. The van der Waals surface area contributed by atoms with E-state index in [-0.39, 0.29) is 0 Å². The van der Waals surface area contributed by atoms with Gasteiger partial charge in [-0.15, -0.1) is 0 Å². The number of aryl methyl sites for hydroxylation is 1. The van der Waals surface area contributed by atoms with Crippen LogP contribution in [0.15, 0.2) is 42.5 Å². The van der Waals surface area contributed by atoms with E-state index in [2.05, 4.69) is 87.0 Å². The van der Waals surface area contributed by atoms with Crippen molar-refractivity contribution in [3.05, 3.63) is 59.2 Å². The van der Waals surface area contributed by atoms with Crippen LogP contribution in [0.1, 0.15) is 63.6 Å². The van der Waals surface area contributed by atoms with Crippen LogP contribution in [0, 0.1) is 0 Å². The van der Waals surface area contributed by atoms with Crippen LogP contribution in [0.4, 0.5) is 0 Å². The van der Waals surface area contributed by atoms with Gasteiger partial charge in [-0.25, -0.2) is 0 Å². The topological polar surface area (TPSA) is 19.0 Å². The molecule has 0 aliphatic heterocycles. The largest absolute Gasteiger partial charge is 0.354 e. The van der Waals surface area contributed by atoms with Crippen LogP contribution < -0.4 is 0 Å². The van der Waals surface area contributed by atoms with E-state index < -0.39 is 0 Å². The fraction of sp³-hybridized carbons (Fsp3) is 0.440. The molecule has 2 nitrogen and oxygen atoms in total. The fourth-order valence-corrected chi connectivity index (χ4v) is 4.13. The van der Waals surface area contributed by atoms with Crippen molar-refractivity contribution in [3.8, 4) is 11.3 Å². The van der Waals surface area contributed by atoms with Gasteiger partial charge in [-0.2, -0.15) is 0 Å². The average Bonchev–Trinajstić information content (AvgIpc) is 3.06. The number of rotatable bonds is 8. The molecule has 2 aromatic carbocycles. The number of fused-ring (bicyclic) bond motifs is 1. The molecule has 0 bridgehead atoms. The van der Waals surface area contributed by atoms with E-state index in [1.807, 2.05) is 0 Å². The molecule has 0 spiro atoms. The normalized spacial score (nSPS) is 11.8. The highest BCUT2D eigenvalue weighted by Gasteiger charge is 2.19. The molecule has 0 fully saturated rings. The van der Waals surface area contributed by atoms with E-state index in [4.69, 9.17) is 0 Å². The molecule has 0 aliphatic rings. The van der Waals surface area contributed by atoms with E-state index in [0.717, 1.165) is 26.1 Å². The lowest BCUT2D eigenvalue weighted by Crippen LogP contribution is -2.22. The van der Waals surface area contributed by atoms with Crippen molar-refractivity contribution in [2.45, 2.75) is 59.9 Å². The molecule has 0 amide bonds. The number of para-hydroxylation sites is 1. The minimum Gasteiger partial charge on any atom is -0.354 e. The highest BCUT2D eigenvalue weighted by atomic mass is 15.1. The van der Waals surface area contributed by atoms with Gasteiger partial charge in [0.05, 0.1) is 5.69 Å². The molecular formula is C25H34N2. The molecule has 3 aromatic rings. The third kappa shape index (κ3) is 4.11. The maximum atomic E-state index is 3.74. The third-order valence-electron chi connectivity index (χ3n) is 5.59. The van der Waals surface area contributed by atoms with E-state index >= 15 is 0 Å². The molecule has 2 heteroatoms. The number of nitrogens with zero attached hydrogens (tertiary/aromatic N) is 1. The van der Waals surface area contributed by atoms with Crippen LogP contribution in [0.5, 0.6) is 0 Å². The predicted octanol–water partition coefficient (Wildman–Crippen LogP) is 6.75. The summed E-state index contributed by atoms with van der Waals surface area (Å²) in [5, 5.41) is 1.36. The van der Waals surface area contributed by atoms with Crippen molar-refractivity contribution < 1.29 is 0 Å². The van der Waals surface area contributed by atoms with Gasteiger partial charge in [0.25, 0.3) is 0 Å². The monoisotopic (exact) mass is 362 g/mol. The van der Waals surface area contributed by atoms with Crippen LogP contribution in [0.2, 0.25) is 0 Å². The number of hydrogen-bond donors (Lipinski definition) is 1. The Morgan fingerprint density at radius 3 is 2.37 bits per heavy atom. The Morgan fingerprint density at radius 1 is 0.963 bits per heavy atom. The molecule has 0 unspecified atom stereocenters. The second-order valence-corrected chi connectivity index (χ2v) is 7.82. The van der Waals surface area contributed by atoms with Gasteiger partial charge in [0.15, 0.2) is 0 Å². The number of benzene rings is 2. The zero-order chi connectivity index (χ0) is 19.4. The molecule has 1 N–H and O–H groups in total. The number of aromatic nitrogens is 1. The van der Waals surface area contributed by atoms with Crippen molar-refractivity contribution in [3.63, 3.8) is 0 Å². The Labute approximate surface area is 164 Å². The molecule has 27 heavy (non-hydrogen) atoms. The van der Waals surface area contributed by atoms with Gasteiger partial charge < -0.3 is 4.98 Å². The van der Waals surface area contributed by atoms with Crippen LogP contribution in [-0.2, 0) is 13.0 Å². The van der Waals surface area contributed by atoms with Crippen LogP contribution in [0.25, 0.3) is 22.2 Å². The molecule has 0 aliphatic carbocycles. The molecule has 1 aromatic heterocycles. The standard InChI is InChI=1S/C25H34N2/c1-6-11-19-14-15-21(20(16-19)17-27(7-2)8-3)25-24(18(4)5)22-12-9-10-13-23(22)26-25/h9-10,12-16,18,26H,6-8,11,17H2,1-5H3.